The molecular formula is C17H10BrClF2. The molecule has 0 aliphatic rings. The van der Waals surface area contributed by atoms with Crippen molar-refractivity contribution in [2.45, 2.75) is 5.38 Å². The summed E-state index contributed by atoms with van der Waals surface area (Å²) in [6.07, 6.45) is 0. The molecule has 0 spiro atoms. The Morgan fingerprint density at radius 3 is 2.24 bits per heavy atom. The van der Waals surface area contributed by atoms with E-state index < -0.39 is 5.38 Å². The van der Waals surface area contributed by atoms with E-state index in [2.05, 4.69) is 15.9 Å². The molecule has 4 heteroatoms. The molecule has 0 saturated heterocycles. The van der Waals surface area contributed by atoms with Crippen LogP contribution in [0.5, 0.6) is 0 Å². The van der Waals surface area contributed by atoms with Crippen molar-refractivity contribution in [2.24, 2.45) is 0 Å². The molecule has 1 atom stereocenters. The van der Waals surface area contributed by atoms with Crippen LogP contribution in [-0.2, 0) is 0 Å². The summed E-state index contributed by atoms with van der Waals surface area (Å²) in [5.74, 6) is -0.666. The Hall–Kier alpha value is -1.45. The summed E-state index contributed by atoms with van der Waals surface area (Å²) in [7, 11) is 0. The number of benzene rings is 3. The summed E-state index contributed by atoms with van der Waals surface area (Å²) in [5.41, 5.74) is 1.37. The van der Waals surface area contributed by atoms with Gasteiger partial charge in [0.15, 0.2) is 0 Å². The van der Waals surface area contributed by atoms with Crippen molar-refractivity contribution in [1.82, 2.24) is 0 Å². The van der Waals surface area contributed by atoms with E-state index in [9.17, 15) is 8.78 Å². The van der Waals surface area contributed by atoms with E-state index in [1.54, 1.807) is 30.3 Å². The van der Waals surface area contributed by atoms with Gasteiger partial charge in [0.05, 0.1) is 9.85 Å². The standard InChI is InChI=1S/C17H10BrClF2/c18-16-13(6-3-7-15(16)21)17(19)12-8-9-14(20)11-5-2-1-4-10(11)12/h1-9,17H. The second kappa shape index (κ2) is 5.74. The van der Waals surface area contributed by atoms with Crippen LogP contribution in [0.3, 0.4) is 0 Å². The van der Waals surface area contributed by atoms with Crippen LogP contribution in [0.25, 0.3) is 10.8 Å². The van der Waals surface area contributed by atoms with Gasteiger partial charge in [0.1, 0.15) is 11.6 Å². The molecule has 1 unspecified atom stereocenters. The van der Waals surface area contributed by atoms with Gasteiger partial charge in [-0.1, -0.05) is 42.5 Å². The predicted molar refractivity (Wildman–Crippen MR) is 85.7 cm³/mol. The fraction of sp³-hybridized carbons (Fsp3) is 0.0588. The van der Waals surface area contributed by atoms with E-state index in [-0.39, 0.29) is 11.6 Å². The maximum absolute atomic E-state index is 13.9. The number of halogens is 4. The Morgan fingerprint density at radius 1 is 0.762 bits per heavy atom. The summed E-state index contributed by atoms with van der Waals surface area (Å²) >= 11 is 9.74. The predicted octanol–water partition coefficient (Wildman–Crippen LogP) is 6.21. The van der Waals surface area contributed by atoms with Gasteiger partial charge in [-0.25, -0.2) is 8.78 Å². The van der Waals surface area contributed by atoms with Crippen LogP contribution >= 0.6 is 27.5 Å². The SMILES string of the molecule is Fc1cccc(C(Cl)c2ccc(F)c3ccccc23)c1Br. The molecule has 0 nitrogen and oxygen atoms in total. The smallest absolute Gasteiger partial charge is 0.137 e. The molecule has 0 radical (unpaired) electrons. The minimum Gasteiger partial charge on any atom is -0.206 e. The zero-order valence-corrected chi connectivity index (χ0v) is 13.1. The van der Waals surface area contributed by atoms with Crippen LogP contribution in [0.4, 0.5) is 8.78 Å². The molecule has 0 saturated carbocycles. The van der Waals surface area contributed by atoms with Gasteiger partial charge in [-0.05, 0) is 44.6 Å². The van der Waals surface area contributed by atoms with E-state index in [0.29, 0.717) is 15.4 Å². The fourth-order valence-corrected chi connectivity index (χ4v) is 3.39. The maximum Gasteiger partial charge on any atom is 0.137 e. The molecule has 0 fully saturated rings. The molecule has 0 heterocycles. The molecule has 0 aliphatic heterocycles. The van der Waals surface area contributed by atoms with Gasteiger partial charge < -0.3 is 0 Å². The van der Waals surface area contributed by atoms with Gasteiger partial charge >= 0.3 is 0 Å². The highest BCUT2D eigenvalue weighted by molar-refractivity contribution is 9.10. The van der Waals surface area contributed by atoms with Crippen molar-refractivity contribution in [2.75, 3.05) is 0 Å². The molecule has 0 aliphatic carbocycles. The van der Waals surface area contributed by atoms with Crippen LogP contribution in [0, 0.1) is 11.6 Å². The molecule has 3 rings (SSSR count). The molecule has 0 aromatic heterocycles. The van der Waals surface area contributed by atoms with Gasteiger partial charge in [-0.2, -0.15) is 0 Å². The zero-order valence-electron chi connectivity index (χ0n) is 10.8. The first-order valence-electron chi connectivity index (χ1n) is 6.34. The number of rotatable bonds is 2. The Morgan fingerprint density at radius 2 is 1.48 bits per heavy atom. The molecule has 0 amide bonds. The minimum absolute atomic E-state index is 0.295. The summed E-state index contributed by atoms with van der Waals surface area (Å²) in [6.45, 7) is 0. The van der Waals surface area contributed by atoms with E-state index in [0.717, 1.165) is 10.9 Å². The Labute approximate surface area is 134 Å². The van der Waals surface area contributed by atoms with Crippen LogP contribution in [0.1, 0.15) is 16.5 Å². The number of hydrogen-bond donors (Lipinski definition) is 0. The Balaban J connectivity index is 2.21. The first-order chi connectivity index (χ1) is 10.1. The van der Waals surface area contributed by atoms with Crippen molar-refractivity contribution in [3.8, 4) is 0 Å². The fourth-order valence-electron chi connectivity index (χ4n) is 2.39. The average molecular weight is 368 g/mol. The molecule has 3 aromatic rings. The molecule has 0 bridgehead atoms. The van der Waals surface area contributed by atoms with E-state index >= 15 is 0 Å². The molecule has 3 aromatic carbocycles. The van der Waals surface area contributed by atoms with Crippen LogP contribution in [0.15, 0.2) is 59.1 Å². The first kappa shape index (κ1) is 14.5. The summed E-state index contributed by atoms with van der Waals surface area (Å²) < 4.78 is 27.9. The van der Waals surface area contributed by atoms with Crippen molar-refractivity contribution < 1.29 is 8.78 Å². The van der Waals surface area contributed by atoms with Gasteiger partial charge in [0.25, 0.3) is 0 Å². The van der Waals surface area contributed by atoms with Crippen molar-refractivity contribution >= 4 is 38.3 Å². The van der Waals surface area contributed by atoms with Crippen LogP contribution in [-0.4, -0.2) is 0 Å². The third kappa shape index (κ3) is 2.56. The topological polar surface area (TPSA) is 0 Å². The van der Waals surface area contributed by atoms with Crippen LogP contribution < -0.4 is 0 Å². The molecular weight excluding hydrogens is 358 g/mol. The van der Waals surface area contributed by atoms with Crippen molar-refractivity contribution in [3.05, 3.63) is 81.8 Å². The number of alkyl halides is 1. The van der Waals surface area contributed by atoms with Crippen molar-refractivity contribution in [3.63, 3.8) is 0 Å². The molecule has 21 heavy (non-hydrogen) atoms. The number of hydrogen-bond acceptors (Lipinski definition) is 0. The summed E-state index contributed by atoms with van der Waals surface area (Å²) in [6, 6.07) is 14.9. The van der Waals surface area contributed by atoms with E-state index in [1.807, 2.05) is 12.1 Å². The third-order valence-electron chi connectivity index (χ3n) is 3.43. The Bertz CT molecular complexity index is 817. The van der Waals surface area contributed by atoms with E-state index in [4.69, 9.17) is 11.6 Å². The summed E-state index contributed by atoms with van der Waals surface area (Å²) in [4.78, 5) is 0. The lowest BCUT2D eigenvalue weighted by Gasteiger charge is -2.15. The highest BCUT2D eigenvalue weighted by atomic mass is 79.9. The molecule has 0 N–H and O–H groups in total. The lowest BCUT2D eigenvalue weighted by atomic mass is 9.97. The highest BCUT2D eigenvalue weighted by Crippen LogP contribution is 2.38. The zero-order chi connectivity index (χ0) is 15.0. The lowest BCUT2D eigenvalue weighted by Crippen LogP contribution is -1.98. The van der Waals surface area contributed by atoms with Crippen LogP contribution in [0.2, 0.25) is 0 Å². The quantitative estimate of drug-likeness (QED) is 0.472. The second-order valence-corrected chi connectivity index (χ2v) is 5.92. The lowest BCUT2D eigenvalue weighted by molar-refractivity contribution is 0.618. The van der Waals surface area contributed by atoms with Crippen molar-refractivity contribution in [1.29, 1.82) is 0 Å². The van der Waals surface area contributed by atoms with E-state index in [1.165, 1.54) is 12.1 Å². The average Bonchev–Trinajstić information content (AvgIpc) is 2.50. The summed E-state index contributed by atoms with van der Waals surface area (Å²) in [5, 5.41) is 0.669. The monoisotopic (exact) mass is 366 g/mol. The highest BCUT2D eigenvalue weighted by Gasteiger charge is 2.19. The van der Waals surface area contributed by atoms with Gasteiger partial charge in [-0.15, -0.1) is 11.6 Å². The van der Waals surface area contributed by atoms with Gasteiger partial charge in [-0.3, -0.25) is 0 Å². The maximum atomic E-state index is 13.9. The second-order valence-electron chi connectivity index (χ2n) is 4.69. The normalized spacial score (nSPS) is 12.6. The Kier molecular flexibility index (Phi) is 3.96. The first-order valence-corrected chi connectivity index (χ1v) is 7.57. The van der Waals surface area contributed by atoms with Gasteiger partial charge in [0, 0.05) is 5.39 Å². The third-order valence-corrected chi connectivity index (χ3v) is 4.74. The number of fused-ring (bicyclic) bond motifs is 1. The minimum atomic E-state index is -0.569. The largest absolute Gasteiger partial charge is 0.206 e. The molecule has 106 valence electrons. The van der Waals surface area contributed by atoms with Gasteiger partial charge in [0.2, 0.25) is 0 Å².